The smallest absolute Gasteiger partial charge is 0.334 e. The molecule has 1 aliphatic heterocycles. The molecule has 7 nitrogen and oxygen atoms in total. The number of aliphatic carboxylic acids is 1. The standard InChI is InChI=1S/C17H19N3O4/c21-16(19-8-9-24-15(12-19)17(22)23)7-6-13-10-18-20(11-13)14-4-2-1-3-5-14/h1-5,10-11,15H,6-9,12H2,(H,22,23)/t15-/m1/s1. The van der Waals surface area contributed by atoms with Gasteiger partial charge in [-0.1, -0.05) is 18.2 Å². The predicted octanol–water partition coefficient (Wildman–Crippen LogP) is 1.12. The van der Waals surface area contributed by atoms with Crippen LogP contribution in [0.25, 0.3) is 5.69 Å². The Hall–Kier alpha value is -2.67. The number of aryl methyl sites for hydroxylation is 1. The lowest BCUT2D eigenvalue weighted by Gasteiger charge is -2.30. The van der Waals surface area contributed by atoms with Crippen LogP contribution in [0.1, 0.15) is 12.0 Å². The SMILES string of the molecule is O=C(O)[C@H]1CN(C(=O)CCc2cnn(-c3ccccc3)c2)CCO1. The van der Waals surface area contributed by atoms with Gasteiger partial charge in [0.25, 0.3) is 0 Å². The molecule has 7 heteroatoms. The Bertz CT molecular complexity index is 714. The van der Waals surface area contributed by atoms with Crippen LogP contribution in [-0.2, 0) is 20.7 Å². The second-order valence-electron chi connectivity index (χ2n) is 5.67. The number of para-hydroxylation sites is 1. The first-order valence-corrected chi connectivity index (χ1v) is 7.84. The van der Waals surface area contributed by atoms with Crippen LogP contribution < -0.4 is 0 Å². The van der Waals surface area contributed by atoms with Crippen molar-refractivity contribution in [2.75, 3.05) is 19.7 Å². The van der Waals surface area contributed by atoms with Crippen molar-refractivity contribution in [2.45, 2.75) is 18.9 Å². The Balaban J connectivity index is 1.55. The number of hydrogen-bond acceptors (Lipinski definition) is 4. The van der Waals surface area contributed by atoms with E-state index >= 15 is 0 Å². The number of hydrogen-bond donors (Lipinski definition) is 1. The van der Waals surface area contributed by atoms with Gasteiger partial charge in [0, 0.05) is 19.2 Å². The van der Waals surface area contributed by atoms with Crippen molar-refractivity contribution < 1.29 is 19.4 Å². The summed E-state index contributed by atoms with van der Waals surface area (Å²) in [6.45, 7) is 0.804. The topological polar surface area (TPSA) is 84.7 Å². The number of carbonyl (C=O) groups is 2. The van der Waals surface area contributed by atoms with Gasteiger partial charge in [-0.2, -0.15) is 5.10 Å². The number of aromatic nitrogens is 2. The quantitative estimate of drug-likeness (QED) is 0.888. The maximum atomic E-state index is 12.3. The molecule has 2 aromatic rings. The number of nitrogens with zero attached hydrogens (tertiary/aromatic N) is 3. The Morgan fingerprint density at radius 2 is 2.08 bits per heavy atom. The van der Waals surface area contributed by atoms with E-state index in [1.807, 2.05) is 36.5 Å². The molecule has 0 radical (unpaired) electrons. The van der Waals surface area contributed by atoms with Crippen LogP contribution in [0.2, 0.25) is 0 Å². The van der Waals surface area contributed by atoms with E-state index in [-0.39, 0.29) is 19.1 Å². The summed E-state index contributed by atoms with van der Waals surface area (Å²) in [6, 6.07) is 9.75. The number of amides is 1. The van der Waals surface area contributed by atoms with Crippen LogP contribution in [0.3, 0.4) is 0 Å². The van der Waals surface area contributed by atoms with Gasteiger partial charge in [-0.15, -0.1) is 0 Å². The Morgan fingerprint density at radius 3 is 2.83 bits per heavy atom. The minimum absolute atomic E-state index is 0.0583. The molecule has 2 heterocycles. The van der Waals surface area contributed by atoms with Gasteiger partial charge >= 0.3 is 5.97 Å². The maximum absolute atomic E-state index is 12.3. The van der Waals surface area contributed by atoms with Crippen LogP contribution in [-0.4, -0.2) is 57.5 Å². The Labute approximate surface area is 139 Å². The van der Waals surface area contributed by atoms with Gasteiger partial charge < -0.3 is 14.7 Å². The van der Waals surface area contributed by atoms with Crippen LogP contribution in [0.15, 0.2) is 42.7 Å². The second kappa shape index (κ2) is 7.27. The third-order valence-corrected chi connectivity index (χ3v) is 3.98. The molecule has 1 saturated heterocycles. The molecule has 126 valence electrons. The summed E-state index contributed by atoms with van der Waals surface area (Å²) in [5, 5.41) is 13.3. The molecule has 1 fully saturated rings. The number of ether oxygens (including phenoxy) is 1. The first kappa shape index (κ1) is 16.2. The van der Waals surface area contributed by atoms with Gasteiger partial charge in [-0.25, -0.2) is 9.48 Å². The number of carbonyl (C=O) groups excluding carboxylic acids is 1. The van der Waals surface area contributed by atoms with E-state index in [4.69, 9.17) is 9.84 Å². The molecule has 0 unspecified atom stereocenters. The van der Waals surface area contributed by atoms with Crippen molar-refractivity contribution in [2.24, 2.45) is 0 Å². The molecule has 0 aliphatic carbocycles. The zero-order chi connectivity index (χ0) is 16.9. The normalized spacial score (nSPS) is 17.7. The molecule has 0 bridgehead atoms. The van der Waals surface area contributed by atoms with Crippen LogP contribution in [0, 0.1) is 0 Å². The highest BCUT2D eigenvalue weighted by molar-refractivity contribution is 5.78. The third kappa shape index (κ3) is 3.80. The van der Waals surface area contributed by atoms with Gasteiger partial charge in [0.1, 0.15) is 0 Å². The summed E-state index contributed by atoms with van der Waals surface area (Å²) in [5.41, 5.74) is 1.93. The van der Waals surface area contributed by atoms with Crippen LogP contribution in [0.5, 0.6) is 0 Å². The maximum Gasteiger partial charge on any atom is 0.334 e. The third-order valence-electron chi connectivity index (χ3n) is 3.98. The number of carboxylic acids is 1. The molecule has 24 heavy (non-hydrogen) atoms. The monoisotopic (exact) mass is 329 g/mol. The van der Waals surface area contributed by atoms with Crippen molar-refractivity contribution in [3.8, 4) is 5.69 Å². The summed E-state index contributed by atoms with van der Waals surface area (Å²) < 4.78 is 6.90. The molecule has 1 atom stereocenters. The lowest BCUT2D eigenvalue weighted by molar-refractivity contribution is -0.159. The van der Waals surface area contributed by atoms with Crippen molar-refractivity contribution in [1.82, 2.24) is 14.7 Å². The molecule has 1 N–H and O–H groups in total. The van der Waals surface area contributed by atoms with Crippen molar-refractivity contribution in [3.05, 3.63) is 48.3 Å². The molecule has 1 aromatic carbocycles. The van der Waals surface area contributed by atoms with Gasteiger partial charge in [-0.3, -0.25) is 4.79 Å². The highest BCUT2D eigenvalue weighted by Crippen LogP contribution is 2.12. The van der Waals surface area contributed by atoms with Gasteiger partial charge in [0.05, 0.1) is 25.0 Å². The minimum atomic E-state index is -1.03. The molecular formula is C17H19N3O4. The fourth-order valence-corrected chi connectivity index (χ4v) is 2.65. The van der Waals surface area contributed by atoms with Crippen molar-refractivity contribution in [1.29, 1.82) is 0 Å². The van der Waals surface area contributed by atoms with Crippen molar-refractivity contribution in [3.63, 3.8) is 0 Å². The second-order valence-corrected chi connectivity index (χ2v) is 5.67. The fourth-order valence-electron chi connectivity index (χ4n) is 2.65. The van der Waals surface area contributed by atoms with Crippen LogP contribution in [0.4, 0.5) is 0 Å². The summed E-state index contributed by atoms with van der Waals surface area (Å²) in [6.07, 6.45) is 3.62. The summed E-state index contributed by atoms with van der Waals surface area (Å²) in [7, 11) is 0. The zero-order valence-corrected chi connectivity index (χ0v) is 13.2. The predicted molar refractivity (Wildman–Crippen MR) is 85.8 cm³/mol. The number of rotatable bonds is 5. The molecule has 3 rings (SSSR count). The number of morpholine rings is 1. The summed E-state index contributed by atoms with van der Waals surface area (Å²) in [5.74, 6) is -1.09. The van der Waals surface area contributed by atoms with E-state index in [1.165, 1.54) is 0 Å². The lowest BCUT2D eigenvalue weighted by atomic mass is 10.1. The van der Waals surface area contributed by atoms with Gasteiger partial charge in [0.2, 0.25) is 5.91 Å². The molecule has 1 aliphatic rings. The van der Waals surface area contributed by atoms with E-state index in [1.54, 1.807) is 15.8 Å². The van der Waals surface area contributed by atoms with E-state index in [2.05, 4.69) is 5.10 Å². The average Bonchev–Trinajstić information content (AvgIpc) is 3.09. The number of carboxylic acid groups (broad SMARTS) is 1. The Kier molecular flexibility index (Phi) is 4.90. The highest BCUT2D eigenvalue weighted by Gasteiger charge is 2.28. The first-order chi connectivity index (χ1) is 11.6. The summed E-state index contributed by atoms with van der Waals surface area (Å²) in [4.78, 5) is 24.8. The molecule has 1 aromatic heterocycles. The van der Waals surface area contributed by atoms with Crippen molar-refractivity contribution >= 4 is 11.9 Å². The van der Waals surface area contributed by atoms with E-state index in [0.29, 0.717) is 19.4 Å². The fraction of sp³-hybridized carbons (Fsp3) is 0.353. The highest BCUT2D eigenvalue weighted by atomic mass is 16.5. The van der Waals surface area contributed by atoms with E-state index < -0.39 is 12.1 Å². The minimum Gasteiger partial charge on any atom is -0.479 e. The van der Waals surface area contributed by atoms with Gasteiger partial charge in [0.15, 0.2) is 6.10 Å². The molecular weight excluding hydrogens is 310 g/mol. The molecule has 0 spiro atoms. The Morgan fingerprint density at radius 1 is 1.29 bits per heavy atom. The first-order valence-electron chi connectivity index (χ1n) is 7.84. The molecule has 0 saturated carbocycles. The van der Waals surface area contributed by atoms with Crippen LogP contribution >= 0.6 is 0 Å². The molecule has 1 amide bonds. The summed E-state index contributed by atoms with van der Waals surface area (Å²) >= 11 is 0. The largest absolute Gasteiger partial charge is 0.479 e. The average molecular weight is 329 g/mol. The van der Waals surface area contributed by atoms with E-state index in [0.717, 1.165) is 11.3 Å². The lowest BCUT2D eigenvalue weighted by Crippen LogP contribution is -2.48. The number of benzene rings is 1. The van der Waals surface area contributed by atoms with E-state index in [9.17, 15) is 9.59 Å². The zero-order valence-electron chi connectivity index (χ0n) is 13.2. The van der Waals surface area contributed by atoms with Gasteiger partial charge in [-0.05, 0) is 24.1 Å².